The maximum atomic E-state index is 12.2. The van der Waals surface area contributed by atoms with Crippen molar-refractivity contribution < 1.29 is 0 Å². The van der Waals surface area contributed by atoms with Gasteiger partial charge in [-0.25, -0.2) is 9.97 Å². The summed E-state index contributed by atoms with van der Waals surface area (Å²) in [5, 5.41) is 3.38. The third-order valence-electron chi connectivity index (χ3n) is 2.76. The van der Waals surface area contributed by atoms with E-state index in [0.717, 1.165) is 15.7 Å². The minimum absolute atomic E-state index is 0.0208. The molecule has 19 heavy (non-hydrogen) atoms. The van der Waals surface area contributed by atoms with Crippen molar-refractivity contribution in [3.8, 4) is 0 Å². The Morgan fingerprint density at radius 3 is 3.00 bits per heavy atom. The molecule has 0 saturated heterocycles. The standard InChI is InChI=1S/C12H12N4OS2/c1-7(2)10-14-9(19-15-10)5-16-6-13-11-8(12(16)17)3-4-18-11/h3-4,6-7H,5H2,1-2H3. The molecule has 3 aromatic heterocycles. The lowest BCUT2D eigenvalue weighted by atomic mass is 10.2. The van der Waals surface area contributed by atoms with Crippen LogP contribution >= 0.6 is 22.9 Å². The van der Waals surface area contributed by atoms with Crippen LogP contribution in [0.4, 0.5) is 0 Å². The Kier molecular flexibility index (Phi) is 3.16. The second kappa shape index (κ2) is 4.82. The molecule has 0 aromatic carbocycles. The zero-order valence-corrected chi connectivity index (χ0v) is 12.2. The second-order valence-corrected chi connectivity index (χ2v) is 6.25. The highest BCUT2D eigenvalue weighted by atomic mass is 32.1. The number of thiophene rings is 1. The van der Waals surface area contributed by atoms with Crippen molar-refractivity contribution >= 4 is 33.1 Å². The molecule has 0 bridgehead atoms. The Bertz CT molecular complexity index is 771. The first kappa shape index (κ1) is 12.4. The minimum Gasteiger partial charge on any atom is -0.292 e. The zero-order chi connectivity index (χ0) is 13.4. The molecule has 0 aliphatic rings. The van der Waals surface area contributed by atoms with Crippen LogP contribution in [-0.4, -0.2) is 18.9 Å². The fourth-order valence-corrected chi connectivity index (χ4v) is 3.22. The van der Waals surface area contributed by atoms with Crippen molar-refractivity contribution in [1.82, 2.24) is 18.9 Å². The van der Waals surface area contributed by atoms with Crippen molar-refractivity contribution in [2.24, 2.45) is 0 Å². The van der Waals surface area contributed by atoms with E-state index in [2.05, 4.69) is 28.2 Å². The highest BCUT2D eigenvalue weighted by Gasteiger charge is 2.10. The van der Waals surface area contributed by atoms with Crippen molar-refractivity contribution in [3.05, 3.63) is 39.0 Å². The fourth-order valence-electron chi connectivity index (χ4n) is 1.72. The van der Waals surface area contributed by atoms with Gasteiger partial charge in [-0.05, 0) is 23.0 Å². The molecular formula is C12H12N4OS2. The Labute approximate surface area is 117 Å². The number of fused-ring (bicyclic) bond motifs is 1. The zero-order valence-electron chi connectivity index (χ0n) is 10.5. The van der Waals surface area contributed by atoms with Crippen LogP contribution in [0.3, 0.4) is 0 Å². The van der Waals surface area contributed by atoms with E-state index in [-0.39, 0.29) is 5.56 Å². The van der Waals surface area contributed by atoms with E-state index in [1.54, 1.807) is 10.9 Å². The van der Waals surface area contributed by atoms with Crippen LogP contribution in [0.2, 0.25) is 0 Å². The highest BCUT2D eigenvalue weighted by molar-refractivity contribution is 7.16. The summed E-state index contributed by atoms with van der Waals surface area (Å²) >= 11 is 2.82. The van der Waals surface area contributed by atoms with Crippen LogP contribution in [0.15, 0.2) is 22.6 Å². The van der Waals surface area contributed by atoms with E-state index in [1.807, 2.05) is 11.4 Å². The quantitative estimate of drug-likeness (QED) is 0.744. The molecule has 3 heterocycles. The van der Waals surface area contributed by atoms with Crippen molar-refractivity contribution in [2.45, 2.75) is 26.3 Å². The van der Waals surface area contributed by atoms with Gasteiger partial charge in [-0.1, -0.05) is 13.8 Å². The van der Waals surface area contributed by atoms with Crippen molar-refractivity contribution in [1.29, 1.82) is 0 Å². The molecule has 0 aliphatic heterocycles. The third kappa shape index (κ3) is 2.31. The molecule has 0 radical (unpaired) electrons. The summed E-state index contributed by atoms with van der Waals surface area (Å²) in [5.41, 5.74) is -0.0208. The maximum Gasteiger partial charge on any atom is 0.262 e. The molecule has 7 heteroatoms. The Balaban J connectivity index is 1.96. The number of rotatable bonds is 3. The molecule has 3 aromatic rings. The molecule has 0 saturated carbocycles. The molecule has 0 amide bonds. The molecule has 0 aliphatic carbocycles. The molecule has 5 nitrogen and oxygen atoms in total. The van der Waals surface area contributed by atoms with Gasteiger partial charge < -0.3 is 0 Å². The van der Waals surface area contributed by atoms with E-state index in [9.17, 15) is 4.79 Å². The van der Waals surface area contributed by atoms with Gasteiger partial charge in [-0.3, -0.25) is 9.36 Å². The summed E-state index contributed by atoms with van der Waals surface area (Å²) in [6.07, 6.45) is 1.58. The largest absolute Gasteiger partial charge is 0.292 e. The number of aromatic nitrogens is 4. The van der Waals surface area contributed by atoms with E-state index in [1.165, 1.54) is 22.9 Å². The lowest BCUT2D eigenvalue weighted by Crippen LogP contribution is -2.20. The Morgan fingerprint density at radius 1 is 1.42 bits per heavy atom. The molecule has 0 unspecified atom stereocenters. The molecule has 0 spiro atoms. The van der Waals surface area contributed by atoms with Crippen LogP contribution in [0, 0.1) is 0 Å². The molecule has 0 atom stereocenters. The summed E-state index contributed by atoms with van der Waals surface area (Å²) < 4.78 is 5.87. The van der Waals surface area contributed by atoms with Crippen LogP contribution in [0.25, 0.3) is 10.2 Å². The summed E-state index contributed by atoms with van der Waals surface area (Å²) in [6.45, 7) is 4.54. The van der Waals surface area contributed by atoms with Crippen LogP contribution in [0.5, 0.6) is 0 Å². The number of nitrogens with zero attached hydrogens (tertiary/aromatic N) is 4. The van der Waals surface area contributed by atoms with Gasteiger partial charge in [0.2, 0.25) is 0 Å². The van der Waals surface area contributed by atoms with Gasteiger partial charge in [0.15, 0.2) is 0 Å². The normalized spacial score (nSPS) is 11.5. The van der Waals surface area contributed by atoms with Crippen LogP contribution < -0.4 is 5.56 Å². The molecular weight excluding hydrogens is 280 g/mol. The van der Waals surface area contributed by atoms with E-state index < -0.39 is 0 Å². The number of hydrogen-bond donors (Lipinski definition) is 0. The van der Waals surface area contributed by atoms with Gasteiger partial charge in [0.1, 0.15) is 15.7 Å². The lowest BCUT2D eigenvalue weighted by Gasteiger charge is -2.01. The molecule has 3 rings (SSSR count). The van der Waals surface area contributed by atoms with Gasteiger partial charge in [0.25, 0.3) is 5.56 Å². The van der Waals surface area contributed by atoms with Crippen molar-refractivity contribution in [2.75, 3.05) is 0 Å². The monoisotopic (exact) mass is 292 g/mol. The Morgan fingerprint density at radius 2 is 2.26 bits per heavy atom. The highest BCUT2D eigenvalue weighted by Crippen LogP contribution is 2.16. The number of hydrogen-bond acceptors (Lipinski definition) is 6. The summed E-state index contributed by atoms with van der Waals surface area (Å²) in [7, 11) is 0. The summed E-state index contributed by atoms with van der Waals surface area (Å²) in [5.74, 6) is 1.14. The van der Waals surface area contributed by atoms with Crippen molar-refractivity contribution in [3.63, 3.8) is 0 Å². The van der Waals surface area contributed by atoms with Gasteiger partial charge >= 0.3 is 0 Å². The smallest absolute Gasteiger partial charge is 0.262 e. The van der Waals surface area contributed by atoms with Gasteiger partial charge in [-0.15, -0.1) is 11.3 Å². The molecule has 0 N–H and O–H groups in total. The van der Waals surface area contributed by atoms with Crippen LogP contribution in [0.1, 0.15) is 30.6 Å². The molecule has 0 fully saturated rings. The van der Waals surface area contributed by atoms with Crippen LogP contribution in [-0.2, 0) is 6.54 Å². The molecule has 98 valence electrons. The van der Waals surface area contributed by atoms with Gasteiger partial charge in [-0.2, -0.15) is 4.37 Å². The van der Waals surface area contributed by atoms with E-state index >= 15 is 0 Å². The topological polar surface area (TPSA) is 60.7 Å². The predicted molar refractivity (Wildman–Crippen MR) is 77.0 cm³/mol. The minimum atomic E-state index is -0.0208. The average Bonchev–Trinajstić information content (AvgIpc) is 3.01. The van der Waals surface area contributed by atoms with Gasteiger partial charge in [0, 0.05) is 5.92 Å². The summed E-state index contributed by atoms with van der Waals surface area (Å²) in [4.78, 5) is 21.7. The first-order valence-electron chi connectivity index (χ1n) is 5.90. The Hall–Kier alpha value is -1.60. The predicted octanol–water partition coefficient (Wildman–Crippen LogP) is 2.48. The van der Waals surface area contributed by atoms with E-state index in [4.69, 9.17) is 0 Å². The summed E-state index contributed by atoms with van der Waals surface area (Å²) in [6, 6.07) is 1.81. The van der Waals surface area contributed by atoms with Gasteiger partial charge in [0.05, 0.1) is 18.3 Å². The maximum absolute atomic E-state index is 12.2. The fraction of sp³-hybridized carbons (Fsp3) is 0.333. The first-order chi connectivity index (χ1) is 9.15. The van der Waals surface area contributed by atoms with E-state index in [0.29, 0.717) is 17.8 Å². The SMILES string of the molecule is CC(C)c1nsc(Cn2cnc3sccc3c2=O)n1. The third-order valence-corrected chi connectivity index (χ3v) is 4.29. The average molecular weight is 292 g/mol. The lowest BCUT2D eigenvalue weighted by molar-refractivity contribution is 0.728. The first-order valence-corrected chi connectivity index (χ1v) is 7.55. The second-order valence-electron chi connectivity index (χ2n) is 4.52.